The average molecular weight is 308 g/mol. The molecule has 0 spiro atoms. The van der Waals surface area contributed by atoms with E-state index in [4.69, 9.17) is 4.74 Å². The van der Waals surface area contributed by atoms with Crippen molar-refractivity contribution in [2.24, 2.45) is 0 Å². The molecular formula is C12H13FN6O3. The Bertz CT molecular complexity index is 713. The maximum absolute atomic E-state index is 14.1. The molecule has 0 amide bonds. The second-order valence-corrected chi connectivity index (χ2v) is 4.70. The molecule has 2 aromatic heterocycles. The number of nitrogens with zero attached hydrogens (tertiary/aromatic N) is 6. The molecule has 0 bridgehead atoms. The molecule has 22 heavy (non-hydrogen) atoms. The van der Waals surface area contributed by atoms with Crippen molar-refractivity contribution in [1.82, 2.24) is 19.5 Å². The fourth-order valence-corrected chi connectivity index (χ4v) is 2.24. The van der Waals surface area contributed by atoms with Crippen LogP contribution in [0.25, 0.3) is 5.82 Å². The van der Waals surface area contributed by atoms with Crippen LogP contribution in [0.1, 0.15) is 5.82 Å². The first-order valence-electron chi connectivity index (χ1n) is 6.62. The van der Waals surface area contributed by atoms with Gasteiger partial charge in [-0.2, -0.15) is 13.9 Å². The van der Waals surface area contributed by atoms with Gasteiger partial charge in [0.05, 0.1) is 19.4 Å². The second kappa shape index (κ2) is 5.64. The molecule has 10 heteroatoms. The quantitative estimate of drug-likeness (QED) is 0.612. The number of morpholine rings is 1. The standard InChI is InChI=1S/C12H13FN6O3/c1-8-14-7-10(19(20)21)18(8)11-9(13)6-15-12(16-11)17-2-4-22-5-3-17/h6-7H,2-5H2,1H3. The molecule has 1 aliphatic heterocycles. The summed E-state index contributed by atoms with van der Waals surface area (Å²) in [5.41, 5.74) is 0. The van der Waals surface area contributed by atoms with E-state index in [1.165, 1.54) is 0 Å². The molecule has 116 valence electrons. The molecule has 3 rings (SSSR count). The Labute approximate surface area is 124 Å². The summed E-state index contributed by atoms with van der Waals surface area (Å²) in [6.07, 6.45) is 2.08. The Morgan fingerprint density at radius 2 is 2.05 bits per heavy atom. The van der Waals surface area contributed by atoms with Gasteiger partial charge in [-0.1, -0.05) is 0 Å². The monoisotopic (exact) mass is 308 g/mol. The minimum absolute atomic E-state index is 0.182. The molecule has 9 nitrogen and oxygen atoms in total. The summed E-state index contributed by atoms with van der Waals surface area (Å²) in [7, 11) is 0. The summed E-state index contributed by atoms with van der Waals surface area (Å²) in [6, 6.07) is 0. The van der Waals surface area contributed by atoms with Crippen molar-refractivity contribution in [3.8, 4) is 5.82 Å². The van der Waals surface area contributed by atoms with Crippen molar-refractivity contribution in [2.75, 3.05) is 31.2 Å². The fourth-order valence-electron chi connectivity index (χ4n) is 2.24. The summed E-state index contributed by atoms with van der Waals surface area (Å²) >= 11 is 0. The Kier molecular flexibility index (Phi) is 3.67. The van der Waals surface area contributed by atoms with Crippen molar-refractivity contribution >= 4 is 11.8 Å². The molecule has 1 aliphatic rings. The van der Waals surface area contributed by atoms with Crippen LogP contribution in [0.3, 0.4) is 0 Å². The largest absolute Gasteiger partial charge is 0.378 e. The zero-order valence-electron chi connectivity index (χ0n) is 11.8. The lowest BCUT2D eigenvalue weighted by Gasteiger charge is -2.26. The molecule has 0 saturated carbocycles. The van der Waals surface area contributed by atoms with E-state index in [2.05, 4.69) is 15.0 Å². The highest BCUT2D eigenvalue weighted by molar-refractivity contribution is 5.41. The molecule has 1 saturated heterocycles. The molecule has 0 atom stereocenters. The summed E-state index contributed by atoms with van der Waals surface area (Å²) < 4.78 is 20.4. The molecule has 0 radical (unpaired) electrons. The van der Waals surface area contributed by atoms with E-state index >= 15 is 0 Å². The lowest BCUT2D eigenvalue weighted by Crippen LogP contribution is -2.37. The van der Waals surface area contributed by atoms with Crippen LogP contribution in [0.2, 0.25) is 0 Å². The van der Waals surface area contributed by atoms with Gasteiger partial charge in [-0.15, -0.1) is 0 Å². The number of hydrogen-bond donors (Lipinski definition) is 0. The average Bonchev–Trinajstić information content (AvgIpc) is 2.90. The van der Waals surface area contributed by atoms with Crippen LogP contribution in [0.5, 0.6) is 0 Å². The predicted octanol–water partition coefficient (Wildman–Crippen LogP) is 0.855. The van der Waals surface area contributed by atoms with E-state index in [0.717, 1.165) is 17.0 Å². The van der Waals surface area contributed by atoms with E-state index in [1.807, 2.05) is 4.90 Å². The zero-order valence-corrected chi connectivity index (χ0v) is 11.8. The zero-order chi connectivity index (χ0) is 15.7. The highest BCUT2D eigenvalue weighted by atomic mass is 19.1. The van der Waals surface area contributed by atoms with Gasteiger partial charge in [0.15, 0.2) is 5.82 Å². The van der Waals surface area contributed by atoms with Gasteiger partial charge in [-0.3, -0.25) is 0 Å². The molecule has 0 N–H and O–H groups in total. The van der Waals surface area contributed by atoms with Crippen LogP contribution < -0.4 is 4.90 Å². The van der Waals surface area contributed by atoms with Crippen LogP contribution in [-0.4, -0.2) is 50.7 Å². The minimum Gasteiger partial charge on any atom is -0.378 e. The number of aromatic nitrogens is 4. The van der Waals surface area contributed by atoms with Gasteiger partial charge in [0.2, 0.25) is 11.8 Å². The van der Waals surface area contributed by atoms with Crippen molar-refractivity contribution in [3.05, 3.63) is 34.1 Å². The Morgan fingerprint density at radius 1 is 1.32 bits per heavy atom. The van der Waals surface area contributed by atoms with Crippen molar-refractivity contribution in [3.63, 3.8) is 0 Å². The van der Waals surface area contributed by atoms with Crippen LogP contribution in [0.15, 0.2) is 12.4 Å². The van der Waals surface area contributed by atoms with Gasteiger partial charge >= 0.3 is 5.82 Å². The van der Waals surface area contributed by atoms with E-state index in [1.54, 1.807) is 6.92 Å². The highest BCUT2D eigenvalue weighted by Crippen LogP contribution is 2.23. The first-order valence-corrected chi connectivity index (χ1v) is 6.62. The number of aryl methyl sites for hydroxylation is 1. The number of halogens is 1. The molecule has 0 unspecified atom stereocenters. The van der Waals surface area contributed by atoms with E-state index in [0.29, 0.717) is 32.3 Å². The predicted molar refractivity (Wildman–Crippen MR) is 73.5 cm³/mol. The minimum atomic E-state index is -0.749. The van der Waals surface area contributed by atoms with Crippen LogP contribution in [-0.2, 0) is 4.74 Å². The normalized spacial score (nSPS) is 15.1. The van der Waals surface area contributed by atoms with Gasteiger partial charge in [-0.05, 0) is 4.92 Å². The third-order valence-electron chi connectivity index (χ3n) is 3.33. The van der Waals surface area contributed by atoms with Crippen LogP contribution >= 0.6 is 0 Å². The Morgan fingerprint density at radius 3 is 2.73 bits per heavy atom. The molecule has 2 aromatic rings. The summed E-state index contributed by atoms with van der Waals surface area (Å²) in [6.45, 7) is 3.76. The Balaban J connectivity index is 2.07. The summed E-state index contributed by atoms with van der Waals surface area (Å²) in [5, 5.41) is 11.1. The molecule has 0 aromatic carbocycles. The van der Waals surface area contributed by atoms with Gasteiger partial charge in [0.1, 0.15) is 6.20 Å². The smallest absolute Gasteiger partial charge is 0.349 e. The second-order valence-electron chi connectivity index (χ2n) is 4.70. The van der Waals surface area contributed by atoms with Gasteiger partial charge in [-0.25, -0.2) is 9.97 Å². The molecule has 1 fully saturated rings. The number of imidazole rings is 1. The maximum Gasteiger partial charge on any atom is 0.349 e. The maximum atomic E-state index is 14.1. The lowest BCUT2D eigenvalue weighted by molar-refractivity contribution is -0.391. The number of hydrogen-bond acceptors (Lipinski definition) is 7. The summed E-state index contributed by atoms with van der Waals surface area (Å²) in [5.74, 6) is -0.693. The molecule has 0 aliphatic carbocycles. The first kappa shape index (κ1) is 14.3. The number of anilines is 1. The van der Waals surface area contributed by atoms with Crippen LogP contribution in [0, 0.1) is 22.9 Å². The fraction of sp³-hybridized carbons (Fsp3) is 0.417. The number of ether oxygens (including phenoxy) is 1. The molecule has 3 heterocycles. The van der Waals surface area contributed by atoms with E-state index < -0.39 is 10.7 Å². The van der Waals surface area contributed by atoms with Crippen LogP contribution in [0.4, 0.5) is 16.2 Å². The molecular weight excluding hydrogens is 295 g/mol. The Hall–Kier alpha value is -2.62. The van der Waals surface area contributed by atoms with E-state index in [9.17, 15) is 14.5 Å². The third kappa shape index (κ3) is 2.48. The SMILES string of the molecule is Cc1ncc([N+](=O)[O-])n1-c1nc(N2CCOCC2)ncc1F. The topological polar surface area (TPSA) is 99.2 Å². The van der Waals surface area contributed by atoms with Crippen molar-refractivity contribution < 1.29 is 14.1 Å². The van der Waals surface area contributed by atoms with E-state index in [-0.39, 0.29) is 17.5 Å². The van der Waals surface area contributed by atoms with Crippen molar-refractivity contribution in [1.29, 1.82) is 0 Å². The van der Waals surface area contributed by atoms with Crippen molar-refractivity contribution in [2.45, 2.75) is 6.92 Å². The van der Waals surface area contributed by atoms with Gasteiger partial charge in [0.25, 0.3) is 5.82 Å². The lowest BCUT2D eigenvalue weighted by atomic mass is 10.4. The number of rotatable bonds is 3. The van der Waals surface area contributed by atoms with Gasteiger partial charge < -0.3 is 19.8 Å². The summed E-state index contributed by atoms with van der Waals surface area (Å²) in [4.78, 5) is 24.2. The number of nitro groups is 1. The van der Waals surface area contributed by atoms with Gasteiger partial charge in [0, 0.05) is 20.0 Å². The third-order valence-corrected chi connectivity index (χ3v) is 3.33. The highest BCUT2D eigenvalue weighted by Gasteiger charge is 2.26. The first-order chi connectivity index (χ1) is 10.6.